The van der Waals surface area contributed by atoms with Gasteiger partial charge in [0.2, 0.25) is 0 Å². The molecule has 3 rings (SSSR count). The highest BCUT2D eigenvalue weighted by molar-refractivity contribution is 6.31. The number of anilines is 1. The molecule has 28 heavy (non-hydrogen) atoms. The zero-order valence-corrected chi connectivity index (χ0v) is 17.2. The van der Waals surface area contributed by atoms with Crippen molar-refractivity contribution in [2.45, 2.75) is 26.4 Å². The van der Waals surface area contributed by atoms with Gasteiger partial charge in [0, 0.05) is 49.0 Å². The second-order valence-corrected chi connectivity index (χ2v) is 7.92. The van der Waals surface area contributed by atoms with Crippen LogP contribution >= 0.6 is 11.6 Å². The maximum atomic E-state index is 11.8. The van der Waals surface area contributed by atoms with Crippen molar-refractivity contribution in [3.8, 4) is 5.69 Å². The van der Waals surface area contributed by atoms with Gasteiger partial charge in [-0.25, -0.2) is 14.8 Å². The highest BCUT2D eigenvalue weighted by Gasteiger charge is 2.16. The number of halogens is 1. The first-order valence-corrected chi connectivity index (χ1v) is 9.37. The van der Waals surface area contributed by atoms with E-state index in [0.29, 0.717) is 18.1 Å². The number of carbonyl (C=O) groups is 1. The normalized spacial score (nSPS) is 11.5. The molecule has 0 atom stereocenters. The number of ether oxygens (including phenoxy) is 1. The predicted octanol–water partition coefficient (Wildman–Crippen LogP) is 4.03. The molecule has 0 aliphatic heterocycles. The van der Waals surface area contributed by atoms with Crippen LogP contribution in [-0.2, 0) is 4.74 Å². The Morgan fingerprint density at radius 1 is 1.32 bits per heavy atom. The van der Waals surface area contributed by atoms with E-state index in [0.717, 1.165) is 22.4 Å². The lowest BCUT2D eigenvalue weighted by Gasteiger charge is -2.22. The van der Waals surface area contributed by atoms with Crippen LogP contribution in [0.25, 0.3) is 16.6 Å². The Labute approximate surface area is 169 Å². The number of amides is 1. The number of imidazole rings is 1. The summed E-state index contributed by atoms with van der Waals surface area (Å²) < 4.78 is 7.19. The molecule has 8 heteroatoms. The van der Waals surface area contributed by atoms with Crippen LogP contribution in [0.2, 0.25) is 5.02 Å². The van der Waals surface area contributed by atoms with Crippen LogP contribution < -0.4 is 10.2 Å². The molecule has 1 amide bonds. The van der Waals surface area contributed by atoms with Crippen molar-refractivity contribution in [2.75, 3.05) is 25.0 Å². The van der Waals surface area contributed by atoms with Crippen molar-refractivity contribution in [3.63, 3.8) is 0 Å². The Hall–Kier alpha value is -2.80. The first-order valence-electron chi connectivity index (χ1n) is 8.99. The van der Waals surface area contributed by atoms with Crippen LogP contribution in [0, 0.1) is 0 Å². The minimum atomic E-state index is -0.519. The fourth-order valence-corrected chi connectivity index (χ4v) is 2.90. The molecule has 0 aliphatic rings. The molecule has 1 N–H and O–H groups in total. The lowest BCUT2D eigenvalue weighted by atomic mass is 10.1. The van der Waals surface area contributed by atoms with Crippen LogP contribution in [0.1, 0.15) is 20.8 Å². The van der Waals surface area contributed by atoms with Crippen molar-refractivity contribution in [1.82, 2.24) is 19.9 Å². The highest BCUT2D eigenvalue weighted by atomic mass is 35.5. The number of fused-ring (bicyclic) bond motifs is 1. The predicted molar refractivity (Wildman–Crippen MR) is 111 cm³/mol. The van der Waals surface area contributed by atoms with Gasteiger partial charge in [-0.1, -0.05) is 11.6 Å². The quantitative estimate of drug-likeness (QED) is 0.698. The Kier molecular flexibility index (Phi) is 5.74. The number of pyridine rings is 1. The molecular weight excluding hydrogens is 378 g/mol. The summed E-state index contributed by atoms with van der Waals surface area (Å²) in [5, 5.41) is 4.37. The van der Waals surface area contributed by atoms with Gasteiger partial charge >= 0.3 is 6.09 Å². The largest absolute Gasteiger partial charge is 0.444 e. The van der Waals surface area contributed by atoms with E-state index < -0.39 is 11.7 Å². The summed E-state index contributed by atoms with van der Waals surface area (Å²) in [6.07, 6.45) is 4.93. The number of nitrogens with one attached hydrogen (secondary N) is 1. The monoisotopic (exact) mass is 401 g/mol. The summed E-state index contributed by atoms with van der Waals surface area (Å²) in [6.45, 7) is 6.50. The molecule has 0 spiro atoms. The number of nitrogens with zero attached hydrogens (tertiary/aromatic N) is 4. The number of hydrogen-bond donors (Lipinski definition) is 1. The molecule has 0 radical (unpaired) electrons. The van der Waals surface area contributed by atoms with Crippen LogP contribution in [-0.4, -0.2) is 46.4 Å². The minimum absolute atomic E-state index is 0.432. The molecule has 2 aromatic heterocycles. The molecule has 1 aromatic carbocycles. The number of likely N-dealkylation sites (N-methyl/N-ethyl adjacent to an activating group) is 1. The Morgan fingerprint density at radius 2 is 2.11 bits per heavy atom. The maximum Gasteiger partial charge on any atom is 0.407 e. The van der Waals surface area contributed by atoms with E-state index in [4.69, 9.17) is 21.3 Å². The van der Waals surface area contributed by atoms with E-state index in [9.17, 15) is 4.79 Å². The second kappa shape index (κ2) is 8.06. The molecule has 3 aromatic rings. The zero-order valence-electron chi connectivity index (χ0n) is 16.4. The molecule has 0 aliphatic carbocycles. The minimum Gasteiger partial charge on any atom is -0.444 e. The number of aromatic nitrogens is 3. The van der Waals surface area contributed by atoms with Gasteiger partial charge in [0.15, 0.2) is 0 Å². The van der Waals surface area contributed by atoms with Crippen molar-refractivity contribution < 1.29 is 9.53 Å². The second-order valence-electron chi connectivity index (χ2n) is 7.48. The molecule has 0 fully saturated rings. The van der Waals surface area contributed by atoms with Gasteiger partial charge < -0.3 is 19.5 Å². The molecule has 0 bridgehead atoms. The average molecular weight is 402 g/mol. The molecule has 0 saturated heterocycles. The molecule has 148 valence electrons. The highest BCUT2D eigenvalue weighted by Crippen LogP contribution is 2.27. The van der Waals surface area contributed by atoms with Gasteiger partial charge in [-0.15, -0.1) is 0 Å². The van der Waals surface area contributed by atoms with Gasteiger partial charge in [0.05, 0.1) is 17.5 Å². The third-order valence-corrected chi connectivity index (χ3v) is 4.26. The summed E-state index contributed by atoms with van der Waals surface area (Å²) in [5.41, 5.74) is 1.23. The number of alkyl carbamates (subject to hydrolysis) is 1. The first-order chi connectivity index (χ1) is 13.2. The van der Waals surface area contributed by atoms with Gasteiger partial charge in [0.1, 0.15) is 11.4 Å². The number of benzene rings is 1. The topological polar surface area (TPSA) is 72.3 Å². The molecule has 7 nitrogen and oxygen atoms in total. The fraction of sp³-hybridized carbons (Fsp3) is 0.350. The smallest absolute Gasteiger partial charge is 0.407 e. The summed E-state index contributed by atoms with van der Waals surface area (Å²) in [4.78, 5) is 22.6. The van der Waals surface area contributed by atoms with E-state index in [2.05, 4.69) is 10.3 Å². The number of rotatable bonds is 5. The molecule has 2 heterocycles. The number of hydrogen-bond acceptors (Lipinski definition) is 5. The Morgan fingerprint density at radius 3 is 2.79 bits per heavy atom. The lowest BCUT2D eigenvalue weighted by Crippen LogP contribution is -2.37. The van der Waals surface area contributed by atoms with Crippen molar-refractivity contribution in [2.24, 2.45) is 0 Å². The molecule has 0 saturated carbocycles. The number of carbonyl (C=O) groups excluding carboxylic acids is 1. The van der Waals surface area contributed by atoms with Crippen LogP contribution in [0.5, 0.6) is 0 Å². The average Bonchev–Trinajstić information content (AvgIpc) is 3.13. The van der Waals surface area contributed by atoms with Crippen molar-refractivity contribution in [1.29, 1.82) is 0 Å². The SMILES string of the molecule is CN(CCNC(=O)OC(C)(C)C)c1cc(-n2ccnc2)c2ccc(Cl)cc2n1. The van der Waals surface area contributed by atoms with Crippen molar-refractivity contribution >= 4 is 34.4 Å². The fourth-order valence-electron chi connectivity index (χ4n) is 2.73. The maximum absolute atomic E-state index is 11.8. The van der Waals surface area contributed by atoms with Gasteiger partial charge in [-0.05, 0) is 39.0 Å². The zero-order chi connectivity index (χ0) is 20.3. The third-order valence-electron chi connectivity index (χ3n) is 4.03. The van der Waals surface area contributed by atoms with Gasteiger partial charge in [-0.2, -0.15) is 0 Å². The first kappa shape index (κ1) is 19.9. The Balaban J connectivity index is 1.79. The molecule has 0 unspecified atom stereocenters. The van der Waals surface area contributed by atoms with E-state index in [1.807, 2.05) is 67.7 Å². The van der Waals surface area contributed by atoms with Crippen LogP contribution in [0.4, 0.5) is 10.6 Å². The van der Waals surface area contributed by atoms with Crippen LogP contribution in [0.3, 0.4) is 0 Å². The summed E-state index contributed by atoms with van der Waals surface area (Å²) in [7, 11) is 1.92. The lowest BCUT2D eigenvalue weighted by molar-refractivity contribution is 0.0529. The van der Waals surface area contributed by atoms with Crippen LogP contribution in [0.15, 0.2) is 43.0 Å². The van der Waals surface area contributed by atoms with E-state index in [1.165, 1.54) is 0 Å². The van der Waals surface area contributed by atoms with Gasteiger partial charge in [-0.3, -0.25) is 0 Å². The van der Waals surface area contributed by atoms with E-state index in [-0.39, 0.29) is 0 Å². The summed E-state index contributed by atoms with van der Waals surface area (Å²) >= 11 is 6.16. The van der Waals surface area contributed by atoms with Gasteiger partial charge in [0.25, 0.3) is 0 Å². The van der Waals surface area contributed by atoms with E-state index in [1.54, 1.807) is 12.5 Å². The molecular formula is C20H24ClN5O2. The Bertz CT molecular complexity index is 967. The summed E-state index contributed by atoms with van der Waals surface area (Å²) in [5.74, 6) is 0.768. The third kappa shape index (κ3) is 4.92. The van der Waals surface area contributed by atoms with E-state index >= 15 is 0 Å². The van der Waals surface area contributed by atoms with Crippen molar-refractivity contribution in [3.05, 3.63) is 48.0 Å². The summed E-state index contributed by atoms with van der Waals surface area (Å²) in [6, 6.07) is 7.63. The standard InChI is InChI=1S/C20H24ClN5O2/c1-20(2,3)28-19(27)23-8-9-25(4)18-12-17(26-10-7-22-13-26)15-6-5-14(21)11-16(15)24-18/h5-7,10-13H,8-9H2,1-4H3,(H,23,27).